The maximum Gasteiger partial charge on any atom is 0.308 e. The Balaban J connectivity index is 1.66. The number of amides is 2. The van der Waals surface area contributed by atoms with Crippen LogP contribution in [0.15, 0.2) is 42.7 Å². The topological polar surface area (TPSA) is 95.7 Å². The summed E-state index contributed by atoms with van der Waals surface area (Å²) >= 11 is 0. The minimum Gasteiger partial charge on any atom is -0.481 e. The molecule has 2 amide bonds. The van der Waals surface area contributed by atoms with Crippen LogP contribution >= 0.6 is 0 Å². The van der Waals surface area contributed by atoms with Gasteiger partial charge < -0.3 is 14.9 Å². The second-order valence-corrected chi connectivity index (χ2v) is 7.04. The van der Waals surface area contributed by atoms with Gasteiger partial charge in [-0.3, -0.25) is 19.1 Å². The van der Waals surface area contributed by atoms with Crippen LogP contribution < -0.4 is 0 Å². The Bertz CT molecular complexity index is 850. The Hall–Kier alpha value is -3.16. The molecular formula is C20H24N4O4. The van der Waals surface area contributed by atoms with Crippen LogP contribution in [0, 0.1) is 5.92 Å². The summed E-state index contributed by atoms with van der Waals surface area (Å²) in [5.74, 6) is -1.89. The molecule has 3 rings (SSSR count). The number of aromatic nitrogens is 2. The molecule has 2 aromatic rings. The molecule has 1 atom stereocenters. The first-order valence-corrected chi connectivity index (χ1v) is 9.27. The van der Waals surface area contributed by atoms with Gasteiger partial charge in [-0.15, -0.1) is 0 Å². The zero-order valence-corrected chi connectivity index (χ0v) is 15.8. The molecule has 1 aromatic heterocycles. The molecule has 2 heterocycles. The minimum atomic E-state index is -0.880. The van der Waals surface area contributed by atoms with Gasteiger partial charge in [0.25, 0.3) is 5.91 Å². The Labute approximate surface area is 163 Å². The van der Waals surface area contributed by atoms with Crippen LogP contribution in [-0.2, 0) is 16.1 Å². The van der Waals surface area contributed by atoms with E-state index in [1.54, 1.807) is 35.0 Å². The molecule has 1 aliphatic rings. The van der Waals surface area contributed by atoms with Crippen LogP contribution in [0.2, 0.25) is 0 Å². The predicted octanol–water partition coefficient (Wildman–Crippen LogP) is 1.33. The van der Waals surface area contributed by atoms with Gasteiger partial charge >= 0.3 is 5.97 Å². The molecule has 148 valence electrons. The van der Waals surface area contributed by atoms with Crippen molar-refractivity contribution < 1.29 is 19.5 Å². The van der Waals surface area contributed by atoms with E-state index in [4.69, 9.17) is 0 Å². The third-order valence-corrected chi connectivity index (χ3v) is 4.98. The van der Waals surface area contributed by atoms with Crippen LogP contribution in [0.25, 0.3) is 0 Å². The van der Waals surface area contributed by atoms with Crippen LogP contribution in [0.1, 0.15) is 28.8 Å². The highest BCUT2D eigenvalue weighted by Crippen LogP contribution is 2.17. The minimum absolute atomic E-state index is 0.0821. The van der Waals surface area contributed by atoms with Gasteiger partial charge in [-0.2, -0.15) is 5.10 Å². The molecule has 1 N–H and O–H groups in total. The van der Waals surface area contributed by atoms with Crippen molar-refractivity contribution in [3.63, 3.8) is 0 Å². The fourth-order valence-electron chi connectivity index (χ4n) is 3.42. The fourth-order valence-corrected chi connectivity index (χ4v) is 3.42. The third-order valence-electron chi connectivity index (χ3n) is 4.98. The lowest BCUT2D eigenvalue weighted by Crippen LogP contribution is -2.47. The Morgan fingerprint density at radius 2 is 2.04 bits per heavy atom. The molecule has 8 heteroatoms. The van der Waals surface area contributed by atoms with Gasteiger partial charge in [-0.05, 0) is 30.5 Å². The lowest BCUT2D eigenvalue weighted by Gasteiger charge is -2.32. The standard InChI is InChI=1S/C20H24N4O4/c1-22(14-18(25)23-10-4-7-16(12-23)20(27)28)19(26)17-8-3-2-6-15(17)13-24-11-5-9-21-24/h2-3,5-6,8-9,11,16H,4,7,10,12-14H2,1H3,(H,27,28). The molecule has 0 spiro atoms. The van der Waals surface area contributed by atoms with E-state index in [1.807, 2.05) is 24.4 Å². The molecule has 28 heavy (non-hydrogen) atoms. The number of piperidine rings is 1. The van der Waals surface area contributed by atoms with Gasteiger partial charge in [0.05, 0.1) is 19.0 Å². The number of likely N-dealkylation sites (tertiary alicyclic amines) is 1. The number of hydrogen-bond acceptors (Lipinski definition) is 4. The van der Waals surface area contributed by atoms with Crippen LogP contribution in [0.5, 0.6) is 0 Å². The van der Waals surface area contributed by atoms with Crippen molar-refractivity contribution in [2.45, 2.75) is 19.4 Å². The third kappa shape index (κ3) is 4.57. The van der Waals surface area contributed by atoms with Crippen molar-refractivity contribution in [1.29, 1.82) is 0 Å². The number of rotatable bonds is 6. The summed E-state index contributed by atoms with van der Waals surface area (Å²) in [5.41, 5.74) is 1.34. The number of benzene rings is 1. The number of carboxylic acid groups (broad SMARTS) is 1. The second kappa shape index (κ2) is 8.69. The number of aliphatic carboxylic acids is 1. The summed E-state index contributed by atoms with van der Waals surface area (Å²) < 4.78 is 1.73. The lowest BCUT2D eigenvalue weighted by atomic mass is 9.98. The van der Waals surface area contributed by atoms with Crippen LogP contribution in [-0.4, -0.2) is 69.2 Å². The zero-order chi connectivity index (χ0) is 20.1. The highest BCUT2D eigenvalue weighted by atomic mass is 16.4. The molecule has 0 radical (unpaired) electrons. The molecule has 1 aromatic carbocycles. The average Bonchev–Trinajstić information content (AvgIpc) is 3.21. The molecule has 8 nitrogen and oxygen atoms in total. The lowest BCUT2D eigenvalue weighted by molar-refractivity contribution is -0.145. The normalized spacial score (nSPS) is 16.6. The van der Waals surface area contributed by atoms with Crippen molar-refractivity contribution >= 4 is 17.8 Å². The number of carbonyl (C=O) groups excluding carboxylic acids is 2. The molecule has 1 saturated heterocycles. The first-order chi connectivity index (χ1) is 13.5. The van der Waals surface area contributed by atoms with E-state index in [0.29, 0.717) is 31.5 Å². The second-order valence-electron chi connectivity index (χ2n) is 7.04. The first kappa shape index (κ1) is 19.6. The number of carboxylic acids is 1. The maximum atomic E-state index is 12.9. The summed E-state index contributed by atoms with van der Waals surface area (Å²) in [6.45, 7) is 1.11. The first-order valence-electron chi connectivity index (χ1n) is 9.27. The Morgan fingerprint density at radius 1 is 1.25 bits per heavy atom. The quantitative estimate of drug-likeness (QED) is 0.811. The molecule has 0 aliphatic carbocycles. The highest BCUT2D eigenvalue weighted by molar-refractivity contribution is 5.97. The number of carbonyl (C=O) groups is 3. The van der Waals surface area contributed by atoms with E-state index in [2.05, 4.69) is 5.10 Å². The predicted molar refractivity (Wildman–Crippen MR) is 102 cm³/mol. The summed E-state index contributed by atoms with van der Waals surface area (Å²) in [6.07, 6.45) is 4.74. The molecular weight excluding hydrogens is 360 g/mol. The van der Waals surface area contributed by atoms with Crippen molar-refractivity contribution in [1.82, 2.24) is 19.6 Å². The van der Waals surface area contributed by atoms with E-state index in [0.717, 1.165) is 5.56 Å². The molecule has 1 aliphatic heterocycles. The Kier molecular flexibility index (Phi) is 6.08. The SMILES string of the molecule is CN(CC(=O)N1CCCC(C(=O)O)C1)C(=O)c1ccccc1Cn1cccn1. The van der Waals surface area contributed by atoms with Gasteiger partial charge in [0.1, 0.15) is 0 Å². The van der Waals surface area contributed by atoms with Gasteiger partial charge in [-0.25, -0.2) is 0 Å². The Morgan fingerprint density at radius 3 is 2.75 bits per heavy atom. The maximum absolute atomic E-state index is 12.9. The van der Waals surface area contributed by atoms with Crippen molar-refractivity contribution in [3.8, 4) is 0 Å². The summed E-state index contributed by atoms with van der Waals surface area (Å²) in [7, 11) is 1.59. The van der Waals surface area contributed by atoms with E-state index < -0.39 is 11.9 Å². The highest BCUT2D eigenvalue weighted by Gasteiger charge is 2.29. The van der Waals surface area contributed by atoms with Gasteiger partial charge in [-0.1, -0.05) is 18.2 Å². The summed E-state index contributed by atoms with van der Waals surface area (Å²) in [6, 6.07) is 9.08. The van der Waals surface area contributed by atoms with E-state index in [9.17, 15) is 19.5 Å². The van der Waals surface area contributed by atoms with Gasteiger partial charge in [0.15, 0.2) is 0 Å². The van der Waals surface area contributed by atoms with E-state index in [1.165, 1.54) is 4.90 Å². The van der Waals surface area contributed by atoms with Crippen molar-refractivity contribution in [2.75, 3.05) is 26.7 Å². The van der Waals surface area contributed by atoms with Crippen molar-refractivity contribution in [2.24, 2.45) is 5.92 Å². The number of hydrogen-bond donors (Lipinski definition) is 1. The summed E-state index contributed by atoms with van der Waals surface area (Å²) in [4.78, 5) is 39.6. The van der Waals surface area contributed by atoms with Gasteiger partial charge in [0.2, 0.25) is 5.91 Å². The summed E-state index contributed by atoms with van der Waals surface area (Å²) in [5, 5.41) is 13.4. The van der Waals surface area contributed by atoms with Crippen molar-refractivity contribution in [3.05, 3.63) is 53.9 Å². The van der Waals surface area contributed by atoms with E-state index >= 15 is 0 Å². The van der Waals surface area contributed by atoms with Crippen LogP contribution in [0.3, 0.4) is 0 Å². The number of likely N-dealkylation sites (N-methyl/N-ethyl adjacent to an activating group) is 1. The molecule has 1 unspecified atom stereocenters. The molecule has 0 saturated carbocycles. The smallest absolute Gasteiger partial charge is 0.308 e. The van der Waals surface area contributed by atoms with Gasteiger partial charge in [0, 0.05) is 38.1 Å². The molecule has 1 fully saturated rings. The average molecular weight is 384 g/mol. The largest absolute Gasteiger partial charge is 0.481 e. The van der Waals surface area contributed by atoms with Crippen LogP contribution in [0.4, 0.5) is 0 Å². The van der Waals surface area contributed by atoms with E-state index in [-0.39, 0.29) is 24.9 Å². The molecule has 0 bridgehead atoms. The fraction of sp³-hybridized carbons (Fsp3) is 0.400. The number of nitrogens with zero attached hydrogens (tertiary/aromatic N) is 4. The zero-order valence-electron chi connectivity index (χ0n) is 15.8. The monoisotopic (exact) mass is 384 g/mol.